The van der Waals surface area contributed by atoms with E-state index in [-0.39, 0.29) is 0 Å². The van der Waals surface area contributed by atoms with Crippen molar-refractivity contribution in [1.82, 2.24) is 14.8 Å². The summed E-state index contributed by atoms with van der Waals surface area (Å²) in [6, 6.07) is 16.1. The van der Waals surface area contributed by atoms with Crippen LogP contribution in [0.5, 0.6) is 5.75 Å². The maximum absolute atomic E-state index is 11.9. The predicted octanol–water partition coefficient (Wildman–Crippen LogP) is 6.96. The van der Waals surface area contributed by atoms with Gasteiger partial charge in [0, 0.05) is 43.4 Å². The number of carbonyl (C=O) groups is 1. The first-order valence-electron chi connectivity index (χ1n) is 16.0. The number of likely N-dealkylation sites (tertiary alicyclic amines) is 1. The molecular weight excluding hydrogens is 566 g/mol. The van der Waals surface area contributed by atoms with Crippen LogP contribution in [0, 0.1) is 13.8 Å². The molecule has 6 rings (SSSR count). The summed E-state index contributed by atoms with van der Waals surface area (Å²) in [4.78, 5) is 21.3. The fourth-order valence-electron chi connectivity index (χ4n) is 6.68. The van der Waals surface area contributed by atoms with E-state index in [1.54, 1.807) is 7.11 Å². The quantitative estimate of drug-likeness (QED) is 0.206. The number of rotatable bonds is 10. The van der Waals surface area contributed by atoms with Gasteiger partial charge in [0.1, 0.15) is 17.3 Å². The van der Waals surface area contributed by atoms with Gasteiger partial charge in [0.05, 0.1) is 20.3 Å². The second-order valence-electron chi connectivity index (χ2n) is 12.1. The van der Waals surface area contributed by atoms with Gasteiger partial charge in [-0.2, -0.15) is 0 Å². The number of hydrogen-bond acceptors (Lipinski definition) is 7. The first-order chi connectivity index (χ1) is 21.9. The molecule has 0 saturated carbocycles. The third-order valence-corrected chi connectivity index (χ3v) is 9.31. The van der Waals surface area contributed by atoms with Crippen LogP contribution in [0.3, 0.4) is 0 Å². The van der Waals surface area contributed by atoms with Crippen LogP contribution in [-0.2, 0) is 16.1 Å². The van der Waals surface area contributed by atoms with Crippen molar-refractivity contribution in [2.45, 2.75) is 52.1 Å². The van der Waals surface area contributed by atoms with Gasteiger partial charge in [0.2, 0.25) is 5.89 Å². The van der Waals surface area contributed by atoms with E-state index in [1.165, 1.54) is 16.7 Å². The second kappa shape index (κ2) is 14.0. The van der Waals surface area contributed by atoms with Gasteiger partial charge >= 0.3 is 5.97 Å². The highest BCUT2D eigenvalue weighted by Gasteiger charge is 2.29. The van der Waals surface area contributed by atoms with E-state index < -0.39 is 12.0 Å². The molecule has 236 valence electrons. The van der Waals surface area contributed by atoms with Crippen LogP contribution >= 0.6 is 0 Å². The molecule has 1 atom stereocenters. The smallest absolute Gasteiger partial charge is 0.320 e. The Labute approximate surface area is 265 Å². The highest BCUT2D eigenvalue weighted by atomic mass is 16.5. The first kappa shape index (κ1) is 31.0. The molecule has 45 heavy (non-hydrogen) atoms. The average molecular weight is 610 g/mol. The summed E-state index contributed by atoms with van der Waals surface area (Å²) in [7, 11) is 1.64. The number of carboxylic acid groups (broad SMARTS) is 1. The molecule has 0 bridgehead atoms. The molecule has 2 aliphatic rings. The van der Waals surface area contributed by atoms with Gasteiger partial charge in [-0.15, -0.1) is 0 Å². The molecule has 0 spiro atoms. The Morgan fingerprint density at radius 3 is 2.56 bits per heavy atom. The number of piperidine rings is 1. The zero-order chi connectivity index (χ0) is 31.3. The molecule has 2 saturated heterocycles. The number of aliphatic carboxylic acids is 1. The summed E-state index contributed by atoms with van der Waals surface area (Å²) >= 11 is 0. The fraction of sp³-hybridized carbons (Fsp3) is 0.405. The Balaban J connectivity index is 1.25. The van der Waals surface area contributed by atoms with Gasteiger partial charge in [-0.05, 0) is 79.6 Å². The lowest BCUT2D eigenvalue weighted by molar-refractivity contribution is -0.144. The Bertz CT molecular complexity index is 1690. The molecule has 0 radical (unpaired) electrons. The van der Waals surface area contributed by atoms with E-state index in [0.717, 1.165) is 86.4 Å². The van der Waals surface area contributed by atoms with E-state index in [0.29, 0.717) is 30.2 Å². The molecule has 4 aromatic rings. The van der Waals surface area contributed by atoms with Gasteiger partial charge in [-0.25, -0.2) is 4.98 Å². The van der Waals surface area contributed by atoms with Crippen molar-refractivity contribution in [1.29, 1.82) is 0 Å². The summed E-state index contributed by atoms with van der Waals surface area (Å²) < 4.78 is 17.5. The van der Waals surface area contributed by atoms with Crippen molar-refractivity contribution in [3.05, 3.63) is 76.9 Å². The highest BCUT2D eigenvalue weighted by Crippen LogP contribution is 2.37. The SMILES string of the molecule is COc1cc2oc(-c3cccc(-c4cccc(/C=C/CCN5CCOCC5)c4C)c3C)nc2cc1CN1CCCCC1C(=O)O. The summed E-state index contributed by atoms with van der Waals surface area (Å²) in [6.45, 7) is 10.3. The molecule has 3 aromatic carbocycles. The highest BCUT2D eigenvalue weighted by molar-refractivity contribution is 5.83. The third kappa shape index (κ3) is 6.83. The molecular formula is C37H43N3O5. The number of carboxylic acids is 1. The zero-order valence-electron chi connectivity index (χ0n) is 26.6. The van der Waals surface area contributed by atoms with Crippen LogP contribution in [-0.4, -0.2) is 78.4 Å². The van der Waals surface area contributed by atoms with E-state index in [4.69, 9.17) is 18.9 Å². The number of morpholine rings is 1. The minimum absolute atomic E-state index is 0.482. The summed E-state index contributed by atoms with van der Waals surface area (Å²) in [5.74, 6) is 0.465. The fourth-order valence-corrected chi connectivity index (χ4v) is 6.68. The van der Waals surface area contributed by atoms with Crippen molar-refractivity contribution in [3.8, 4) is 28.3 Å². The monoisotopic (exact) mass is 609 g/mol. The van der Waals surface area contributed by atoms with Crippen molar-refractivity contribution in [2.75, 3.05) is 46.5 Å². The number of benzene rings is 3. The summed E-state index contributed by atoms with van der Waals surface area (Å²) in [5, 5.41) is 9.76. The number of fused-ring (bicyclic) bond motifs is 1. The average Bonchev–Trinajstić information content (AvgIpc) is 3.47. The number of nitrogens with zero attached hydrogens (tertiary/aromatic N) is 3. The van der Waals surface area contributed by atoms with Gasteiger partial charge in [0.15, 0.2) is 5.58 Å². The minimum atomic E-state index is -0.769. The molecule has 8 nitrogen and oxygen atoms in total. The van der Waals surface area contributed by atoms with Gasteiger partial charge in [0.25, 0.3) is 0 Å². The molecule has 1 aromatic heterocycles. The molecule has 1 unspecified atom stereocenters. The maximum Gasteiger partial charge on any atom is 0.320 e. The molecule has 0 aliphatic carbocycles. The van der Waals surface area contributed by atoms with E-state index in [2.05, 4.69) is 67.3 Å². The van der Waals surface area contributed by atoms with Crippen LogP contribution in [0.25, 0.3) is 39.8 Å². The van der Waals surface area contributed by atoms with Gasteiger partial charge < -0.3 is 19.0 Å². The van der Waals surface area contributed by atoms with Crippen LogP contribution in [0.15, 0.2) is 59.0 Å². The topological polar surface area (TPSA) is 88.3 Å². The van der Waals surface area contributed by atoms with Crippen molar-refractivity contribution < 1.29 is 23.8 Å². The predicted molar refractivity (Wildman–Crippen MR) is 178 cm³/mol. The Hall–Kier alpha value is -3.98. The van der Waals surface area contributed by atoms with Crippen molar-refractivity contribution >= 4 is 23.1 Å². The zero-order valence-corrected chi connectivity index (χ0v) is 26.6. The van der Waals surface area contributed by atoms with E-state index >= 15 is 0 Å². The Morgan fingerprint density at radius 1 is 1.02 bits per heavy atom. The maximum atomic E-state index is 11.9. The molecule has 0 amide bonds. The van der Waals surface area contributed by atoms with Crippen LogP contribution in [0.1, 0.15) is 47.9 Å². The van der Waals surface area contributed by atoms with Crippen molar-refractivity contribution in [2.24, 2.45) is 0 Å². The summed E-state index contributed by atoms with van der Waals surface area (Å²) in [5.41, 5.74) is 9.14. The van der Waals surface area contributed by atoms with Crippen LogP contribution < -0.4 is 4.74 Å². The molecule has 8 heteroatoms. The normalized spacial score (nSPS) is 18.2. The lowest BCUT2D eigenvalue weighted by Gasteiger charge is -2.33. The standard InChI is InChI=1S/C37H43N3O5/c1-25-27(10-4-6-16-39-18-20-44-21-19-39)11-8-12-29(25)30-13-9-14-31(26(30)2)36-38-32-22-28(34(43-3)23-35(32)45-36)24-40-17-7-5-15-33(40)37(41)42/h4,8-14,22-23,33H,5-7,15-21,24H2,1-3H3,(H,41,42)/b10-4+. The minimum Gasteiger partial charge on any atom is -0.496 e. The Kier molecular flexibility index (Phi) is 9.64. The number of oxazole rings is 1. The van der Waals surface area contributed by atoms with Gasteiger partial charge in [-0.1, -0.05) is 48.9 Å². The van der Waals surface area contributed by atoms with E-state index in [9.17, 15) is 9.90 Å². The lowest BCUT2D eigenvalue weighted by Crippen LogP contribution is -2.44. The number of aromatic nitrogens is 1. The van der Waals surface area contributed by atoms with Crippen LogP contribution in [0.2, 0.25) is 0 Å². The number of hydrogen-bond donors (Lipinski definition) is 1. The second-order valence-corrected chi connectivity index (χ2v) is 12.1. The van der Waals surface area contributed by atoms with Gasteiger partial charge in [-0.3, -0.25) is 14.6 Å². The first-order valence-corrected chi connectivity index (χ1v) is 16.0. The molecule has 1 N–H and O–H groups in total. The lowest BCUT2D eigenvalue weighted by atomic mass is 9.91. The van der Waals surface area contributed by atoms with E-state index in [1.807, 2.05) is 17.0 Å². The largest absolute Gasteiger partial charge is 0.496 e. The molecule has 3 heterocycles. The Morgan fingerprint density at radius 2 is 1.78 bits per heavy atom. The van der Waals surface area contributed by atoms with Crippen LogP contribution in [0.4, 0.5) is 0 Å². The number of methoxy groups -OCH3 is 1. The third-order valence-electron chi connectivity index (χ3n) is 9.31. The van der Waals surface area contributed by atoms with Crippen molar-refractivity contribution in [3.63, 3.8) is 0 Å². The number of ether oxygens (including phenoxy) is 2. The molecule has 2 aliphatic heterocycles. The summed E-state index contributed by atoms with van der Waals surface area (Å²) in [6.07, 6.45) is 8.12. The molecule has 2 fully saturated rings.